The van der Waals surface area contributed by atoms with E-state index in [0.29, 0.717) is 40.8 Å². The SMILES string of the molecule is CNc1cc(Nc2cccnc2OC2CC2)nc2c(C(=O)N[C@@H]3CC[C@H]3O)cnn12. The van der Waals surface area contributed by atoms with Crippen LogP contribution < -0.4 is 20.7 Å². The number of nitrogens with zero attached hydrogens (tertiary/aromatic N) is 4. The fourth-order valence-corrected chi connectivity index (χ4v) is 3.32. The van der Waals surface area contributed by atoms with Gasteiger partial charge in [0.1, 0.15) is 29.0 Å². The van der Waals surface area contributed by atoms with Gasteiger partial charge in [0.25, 0.3) is 5.91 Å². The highest BCUT2D eigenvalue weighted by Gasteiger charge is 2.31. The van der Waals surface area contributed by atoms with E-state index in [0.717, 1.165) is 19.3 Å². The van der Waals surface area contributed by atoms with E-state index in [1.165, 1.54) is 6.20 Å². The van der Waals surface area contributed by atoms with Crippen molar-refractivity contribution in [3.63, 3.8) is 0 Å². The van der Waals surface area contributed by atoms with Gasteiger partial charge in [-0.05, 0) is 37.8 Å². The Hall–Kier alpha value is -3.40. The monoisotopic (exact) mass is 409 g/mol. The van der Waals surface area contributed by atoms with Crippen LogP contribution in [-0.4, -0.2) is 55.9 Å². The molecule has 0 unspecified atom stereocenters. The van der Waals surface area contributed by atoms with E-state index in [-0.39, 0.29) is 18.1 Å². The van der Waals surface area contributed by atoms with Crippen LogP contribution in [0, 0.1) is 0 Å². The van der Waals surface area contributed by atoms with Crippen LogP contribution in [0.1, 0.15) is 36.0 Å². The maximum atomic E-state index is 12.7. The Morgan fingerprint density at radius 3 is 2.87 bits per heavy atom. The standard InChI is InChI=1S/C20H23N7O3/c1-21-17-9-16(24-14-3-2-8-22-20(14)30-11-4-5-11)26-18-12(10-23-27(17)18)19(29)25-13-6-7-15(13)28/h2-3,8-11,13,15,21,28H,4-7H2,1H3,(H,24,26)(H,25,29)/t13-,15-/m1/s1. The largest absolute Gasteiger partial charge is 0.473 e. The first kappa shape index (κ1) is 18.6. The van der Waals surface area contributed by atoms with Crippen LogP contribution in [0.2, 0.25) is 0 Å². The van der Waals surface area contributed by atoms with Gasteiger partial charge in [0, 0.05) is 19.3 Å². The molecule has 0 spiro atoms. The number of pyridine rings is 1. The Bertz CT molecular complexity index is 1100. The van der Waals surface area contributed by atoms with Crippen LogP contribution in [0.4, 0.5) is 17.3 Å². The molecular weight excluding hydrogens is 386 g/mol. The zero-order chi connectivity index (χ0) is 20.7. The van der Waals surface area contributed by atoms with Crippen molar-refractivity contribution in [2.24, 2.45) is 0 Å². The van der Waals surface area contributed by atoms with Crippen molar-refractivity contribution in [2.45, 2.75) is 43.9 Å². The van der Waals surface area contributed by atoms with Crippen LogP contribution in [0.3, 0.4) is 0 Å². The third-order valence-electron chi connectivity index (χ3n) is 5.36. The second kappa shape index (κ2) is 7.45. The van der Waals surface area contributed by atoms with E-state index in [2.05, 4.69) is 31.0 Å². The average molecular weight is 409 g/mol. The Labute approximate surface area is 172 Å². The zero-order valence-electron chi connectivity index (χ0n) is 16.5. The van der Waals surface area contributed by atoms with Crippen LogP contribution in [0.25, 0.3) is 5.65 Å². The summed E-state index contributed by atoms with van der Waals surface area (Å²) in [5.74, 6) is 1.41. The van der Waals surface area contributed by atoms with Crippen molar-refractivity contribution in [1.82, 2.24) is 24.9 Å². The molecule has 5 rings (SSSR count). The summed E-state index contributed by atoms with van der Waals surface area (Å²) in [5.41, 5.74) is 1.45. The van der Waals surface area contributed by atoms with Gasteiger partial charge in [0.15, 0.2) is 5.65 Å². The second-order valence-electron chi connectivity index (χ2n) is 7.59. The number of rotatable bonds is 7. The number of hydrogen-bond acceptors (Lipinski definition) is 8. The fourth-order valence-electron chi connectivity index (χ4n) is 3.32. The zero-order valence-corrected chi connectivity index (χ0v) is 16.5. The van der Waals surface area contributed by atoms with E-state index >= 15 is 0 Å². The van der Waals surface area contributed by atoms with Gasteiger partial charge in [-0.2, -0.15) is 9.61 Å². The Balaban J connectivity index is 1.46. The minimum atomic E-state index is -0.496. The van der Waals surface area contributed by atoms with Gasteiger partial charge >= 0.3 is 0 Å². The normalized spacial score (nSPS) is 20.5. The molecule has 2 saturated carbocycles. The highest BCUT2D eigenvalue weighted by molar-refractivity contribution is 6.00. The summed E-state index contributed by atoms with van der Waals surface area (Å²) in [4.78, 5) is 21.7. The van der Waals surface area contributed by atoms with Crippen molar-refractivity contribution < 1.29 is 14.6 Å². The number of carbonyl (C=O) groups is 1. The molecule has 0 saturated heterocycles. The Morgan fingerprint density at radius 1 is 1.30 bits per heavy atom. The van der Waals surface area contributed by atoms with Crippen LogP contribution in [0.15, 0.2) is 30.6 Å². The second-order valence-corrected chi connectivity index (χ2v) is 7.59. The van der Waals surface area contributed by atoms with Gasteiger partial charge < -0.3 is 25.8 Å². The summed E-state index contributed by atoms with van der Waals surface area (Å²) in [6.45, 7) is 0. The molecule has 3 heterocycles. The van der Waals surface area contributed by atoms with Crippen LogP contribution in [-0.2, 0) is 0 Å². The molecule has 2 aliphatic carbocycles. The lowest BCUT2D eigenvalue weighted by Crippen LogP contribution is -2.50. The number of carbonyl (C=O) groups excluding carboxylic acids is 1. The lowest BCUT2D eigenvalue weighted by molar-refractivity contribution is 0.0448. The van der Waals surface area contributed by atoms with E-state index in [1.807, 2.05) is 12.1 Å². The Morgan fingerprint density at radius 2 is 2.17 bits per heavy atom. The summed E-state index contributed by atoms with van der Waals surface area (Å²) in [6.07, 6.45) is 6.43. The van der Waals surface area contributed by atoms with Crippen molar-refractivity contribution >= 4 is 28.9 Å². The number of nitrogens with one attached hydrogen (secondary N) is 3. The average Bonchev–Trinajstić information content (AvgIpc) is 3.47. The van der Waals surface area contributed by atoms with Crippen LogP contribution in [0.5, 0.6) is 5.88 Å². The fraction of sp³-hybridized carbons (Fsp3) is 0.400. The molecule has 1 amide bonds. The molecule has 2 atom stereocenters. The van der Waals surface area contributed by atoms with E-state index in [9.17, 15) is 9.90 Å². The molecule has 0 aromatic carbocycles. The van der Waals surface area contributed by atoms with Gasteiger partial charge in [0.2, 0.25) is 5.88 Å². The van der Waals surface area contributed by atoms with Gasteiger partial charge in [-0.15, -0.1) is 0 Å². The van der Waals surface area contributed by atoms with E-state index in [1.54, 1.807) is 23.8 Å². The van der Waals surface area contributed by atoms with Gasteiger partial charge in [-0.25, -0.2) is 9.97 Å². The maximum Gasteiger partial charge on any atom is 0.257 e. The molecule has 10 nitrogen and oxygen atoms in total. The first-order valence-corrected chi connectivity index (χ1v) is 10.1. The lowest BCUT2D eigenvalue weighted by atomic mass is 9.89. The topological polar surface area (TPSA) is 126 Å². The number of hydrogen-bond donors (Lipinski definition) is 4. The molecule has 30 heavy (non-hydrogen) atoms. The summed E-state index contributed by atoms with van der Waals surface area (Å²) in [6, 6.07) is 5.26. The number of ether oxygens (including phenoxy) is 1. The van der Waals surface area contributed by atoms with Gasteiger partial charge in [-0.1, -0.05) is 0 Å². The summed E-state index contributed by atoms with van der Waals surface area (Å²) in [5, 5.41) is 23.2. The predicted molar refractivity (Wildman–Crippen MR) is 110 cm³/mol. The number of aromatic nitrogens is 4. The molecule has 4 N–H and O–H groups in total. The van der Waals surface area contributed by atoms with Gasteiger partial charge in [0.05, 0.1) is 18.3 Å². The summed E-state index contributed by atoms with van der Waals surface area (Å²) >= 11 is 0. The molecule has 2 aliphatic rings. The molecule has 0 radical (unpaired) electrons. The maximum absolute atomic E-state index is 12.7. The first-order valence-electron chi connectivity index (χ1n) is 10.1. The summed E-state index contributed by atoms with van der Waals surface area (Å²) in [7, 11) is 1.77. The Kier molecular flexibility index (Phi) is 4.62. The smallest absolute Gasteiger partial charge is 0.257 e. The van der Waals surface area contributed by atoms with Crippen molar-refractivity contribution in [2.75, 3.05) is 17.7 Å². The molecule has 3 aromatic heterocycles. The van der Waals surface area contributed by atoms with Gasteiger partial charge in [-0.3, -0.25) is 4.79 Å². The number of aliphatic hydroxyl groups excluding tert-OH is 1. The van der Waals surface area contributed by atoms with Crippen molar-refractivity contribution in [1.29, 1.82) is 0 Å². The molecule has 0 aliphatic heterocycles. The highest BCUT2D eigenvalue weighted by Crippen LogP contribution is 2.32. The quantitative estimate of drug-likeness (QED) is 0.465. The number of anilines is 3. The molecule has 156 valence electrons. The minimum Gasteiger partial charge on any atom is -0.473 e. The molecule has 2 fully saturated rings. The minimum absolute atomic E-state index is 0.218. The number of fused-ring (bicyclic) bond motifs is 1. The molecule has 10 heteroatoms. The van der Waals surface area contributed by atoms with Crippen LogP contribution >= 0.6 is 0 Å². The summed E-state index contributed by atoms with van der Waals surface area (Å²) < 4.78 is 7.44. The third kappa shape index (κ3) is 3.50. The lowest BCUT2D eigenvalue weighted by Gasteiger charge is -2.32. The van der Waals surface area contributed by atoms with E-state index in [4.69, 9.17) is 4.74 Å². The predicted octanol–water partition coefficient (Wildman–Crippen LogP) is 1.70. The van der Waals surface area contributed by atoms with Crippen molar-refractivity contribution in [3.8, 4) is 5.88 Å². The van der Waals surface area contributed by atoms with Crippen molar-refractivity contribution in [3.05, 3.63) is 36.2 Å². The first-order chi connectivity index (χ1) is 14.6. The number of aliphatic hydroxyl groups is 1. The number of amides is 1. The molecule has 3 aromatic rings. The third-order valence-corrected chi connectivity index (χ3v) is 5.36. The van der Waals surface area contributed by atoms with E-state index < -0.39 is 6.10 Å². The highest BCUT2D eigenvalue weighted by atomic mass is 16.5. The molecule has 0 bridgehead atoms. The molecular formula is C20H23N7O3.